The Morgan fingerprint density at radius 2 is 1.61 bits per heavy atom. The topological polar surface area (TPSA) is 124 Å². The molecule has 0 aliphatic carbocycles. The summed E-state index contributed by atoms with van der Waals surface area (Å²) in [7, 11) is 0. The highest BCUT2D eigenvalue weighted by Gasteiger charge is 2.12. The minimum Gasteiger partial charge on any atom is -0.396 e. The summed E-state index contributed by atoms with van der Waals surface area (Å²) in [6.45, 7) is 2.15. The molecule has 0 aromatic carbocycles. The lowest BCUT2D eigenvalue weighted by Crippen LogP contribution is -2.30. The van der Waals surface area contributed by atoms with E-state index in [0.29, 0.717) is 5.69 Å². The van der Waals surface area contributed by atoms with E-state index in [4.69, 9.17) is 17.3 Å². The summed E-state index contributed by atoms with van der Waals surface area (Å²) in [6.07, 6.45) is 9.24. The van der Waals surface area contributed by atoms with Crippen molar-refractivity contribution in [2.24, 2.45) is 0 Å². The SMILES string of the molecule is Nc1cnc(N2CCCCC2)nc1.O=[N+]([O-])c1cnc(Cl)nc1. The Balaban J connectivity index is 0.000000174. The van der Waals surface area contributed by atoms with Crippen molar-refractivity contribution in [1.29, 1.82) is 0 Å². The van der Waals surface area contributed by atoms with E-state index in [-0.39, 0.29) is 11.0 Å². The molecule has 2 N–H and O–H groups in total. The van der Waals surface area contributed by atoms with Gasteiger partial charge in [-0.2, -0.15) is 0 Å². The number of halogens is 1. The molecule has 1 fully saturated rings. The second-order valence-electron chi connectivity index (χ2n) is 4.83. The lowest BCUT2D eigenvalue weighted by molar-refractivity contribution is -0.385. The summed E-state index contributed by atoms with van der Waals surface area (Å²) < 4.78 is 0. The first-order chi connectivity index (χ1) is 11.1. The third kappa shape index (κ3) is 5.29. The zero-order valence-corrected chi connectivity index (χ0v) is 13.1. The van der Waals surface area contributed by atoms with Crippen molar-refractivity contribution in [1.82, 2.24) is 19.9 Å². The molecule has 1 saturated heterocycles. The minimum atomic E-state index is -0.587. The smallest absolute Gasteiger partial charge is 0.305 e. The van der Waals surface area contributed by atoms with Crippen molar-refractivity contribution in [2.75, 3.05) is 23.7 Å². The first kappa shape index (κ1) is 16.8. The van der Waals surface area contributed by atoms with Gasteiger partial charge < -0.3 is 10.6 Å². The summed E-state index contributed by atoms with van der Waals surface area (Å²) in [5, 5.41) is 10.00. The molecule has 0 spiro atoms. The Morgan fingerprint density at radius 3 is 2.13 bits per heavy atom. The van der Waals surface area contributed by atoms with Crippen molar-refractivity contribution < 1.29 is 4.92 Å². The Hall–Kier alpha value is -2.55. The molecule has 1 aliphatic rings. The molecule has 0 amide bonds. The van der Waals surface area contributed by atoms with Gasteiger partial charge in [0.1, 0.15) is 12.4 Å². The molecule has 0 bridgehead atoms. The zero-order valence-electron chi connectivity index (χ0n) is 12.3. The Labute approximate surface area is 137 Å². The van der Waals surface area contributed by atoms with Gasteiger partial charge in [0.05, 0.1) is 23.0 Å². The molecule has 1 aliphatic heterocycles. The van der Waals surface area contributed by atoms with Crippen LogP contribution in [0.4, 0.5) is 17.3 Å². The van der Waals surface area contributed by atoms with Crippen molar-refractivity contribution >= 4 is 28.9 Å². The summed E-state index contributed by atoms with van der Waals surface area (Å²) in [4.78, 5) is 26.8. The Kier molecular flexibility index (Phi) is 5.98. The van der Waals surface area contributed by atoms with Crippen molar-refractivity contribution in [3.8, 4) is 0 Å². The van der Waals surface area contributed by atoms with Gasteiger partial charge in [0.2, 0.25) is 11.2 Å². The van der Waals surface area contributed by atoms with E-state index in [1.807, 2.05) is 0 Å². The summed E-state index contributed by atoms with van der Waals surface area (Å²) in [5.41, 5.74) is 5.98. The van der Waals surface area contributed by atoms with Gasteiger partial charge >= 0.3 is 5.69 Å². The number of aromatic nitrogens is 4. The van der Waals surface area contributed by atoms with E-state index in [2.05, 4.69) is 24.8 Å². The number of nitrogens with zero attached hydrogens (tertiary/aromatic N) is 6. The van der Waals surface area contributed by atoms with E-state index in [1.54, 1.807) is 12.4 Å². The maximum Gasteiger partial charge on any atom is 0.305 e. The van der Waals surface area contributed by atoms with Gasteiger partial charge in [-0.15, -0.1) is 0 Å². The van der Waals surface area contributed by atoms with Gasteiger partial charge in [-0.25, -0.2) is 19.9 Å². The van der Waals surface area contributed by atoms with E-state index in [1.165, 1.54) is 19.3 Å². The standard InChI is InChI=1S/C9H14N4.C4H2ClN3O2/c10-8-6-11-9(12-7-8)13-4-2-1-3-5-13;5-4-6-1-3(2-7-4)8(9)10/h6-7H,1-5,10H2;1-2H. The molecule has 122 valence electrons. The molecular formula is C13H16ClN7O2. The third-order valence-corrected chi connectivity index (χ3v) is 3.31. The van der Waals surface area contributed by atoms with Gasteiger partial charge in [-0.05, 0) is 30.9 Å². The van der Waals surface area contributed by atoms with Crippen molar-refractivity contribution in [3.05, 3.63) is 40.2 Å². The second-order valence-corrected chi connectivity index (χ2v) is 5.17. The number of hydrogen-bond donors (Lipinski definition) is 1. The van der Waals surface area contributed by atoms with Crippen molar-refractivity contribution in [2.45, 2.75) is 19.3 Å². The molecule has 9 nitrogen and oxygen atoms in total. The monoisotopic (exact) mass is 337 g/mol. The van der Waals surface area contributed by atoms with Crippen LogP contribution in [0.1, 0.15) is 19.3 Å². The number of rotatable bonds is 2. The number of anilines is 2. The van der Waals surface area contributed by atoms with Gasteiger partial charge in [0.15, 0.2) is 0 Å². The Morgan fingerprint density at radius 1 is 1.04 bits per heavy atom. The average Bonchev–Trinajstić information content (AvgIpc) is 2.57. The fourth-order valence-electron chi connectivity index (χ4n) is 1.99. The largest absolute Gasteiger partial charge is 0.396 e. The summed E-state index contributed by atoms with van der Waals surface area (Å²) in [6, 6.07) is 0. The first-order valence-corrected chi connectivity index (χ1v) is 7.38. The molecule has 2 aromatic rings. The van der Waals surface area contributed by atoms with Crippen LogP contribution >= 0.6 is 11.6 Å². The molecule has 10 heteroatoms. The number of nitrogens with two attached hydrogens (primary N) is 1. The molecule has 0 radical (unpaired) electrons. The second kappa shape index (κ2) is 8.18. The highest BCUT2D eigenvalue weighted by atomic mass is 35.5. The molecule has 3 heterocycles. The molecule has 23 heavy (non-hydrogen) atoms. The first-order valence-electron chi connectivity index (χ1n) is 7.00. The van der Waals surface area contributed by atoms with E-state index in [9.17, 15) is 10.1 Å². The molecular weight excluding hydrogens is 322 g/mol. The zero-order chi connectivity index (χ0) is 16.7. The summed E-state index contributed by atoms with van der Waals surface area (Å²) >= 11 is 5.27. The fraction of sp³-hybridized carbons (Fsp3) is 0.385. The normalized spacial score (nSPS) is 13.9. The predicted octanol–water partition coefficient (Wildman–Crippen LogP) is 2.09. The van der Waals surface area contributed by atoms with E-state index >= 15 is 0 Å². The molecule has 0 atom stereocenters. The van der Waals surface area contributed by atoms with Crippen LogP contribution in [0.5, 0.6) is 0 Å². The van der Waals surface area contributed by atoms with Crippen molar-refractivity contribution in [3.63, 3.8) is 0 Å². The molecule has 0 saturated carbocycles. The maximum atomic E-state index is 9.99. The van der Waals surface area contributed by atoms with Crippen LogP contribution in [-0.4, -0.2) is 37.9 Å². The van der Waals surface area contributed by atoms with Gasteiger partial charge in [0, 0.05) is 13.1 Å². The average molecular weight is 338 g/mol. The highest BCUT2D eigenvalue weighted by Crippen LogP contribution is 2.15. The molecule has 0 unspecified atom stereocenters. The van der Waals surface area contributed by atoms with Gasteiger partial charge in [0.25, 0.3) is 0 Å². The number of nitrogen functional groups attached to an aromatic ring is 1. The van der Waals surface area contributed by atoms with Gasteiger partial charge in [-0.1, -0.05) is 0 Å². The predicted molar refractivity (Wildman–Crippen MR) is 86.2 cm³/mol. The van der Waals surface area contributed by atoms with Crippen LogP contribution in [0.2, 0.25) is 5.28 Å². The number of piperidine rings is 1. The number of nitro groups is 1. The van der Waals surface area contributed by atoms with Crippen LogP contribution in [-0.2, 0) is 0 Å². The minimum absolute atomic E-state index is 0.00519. The van der Waals surface area contributed by atoms with E-state index < -0.39 is 4.92 Å². The van der Waals surface area contributed by atoms with E-state index in [0.717, 1.165) is 31.4 Å². The van der Waals surface area contributed by atoms with Crippen LogP contribution in [0.15, 0.2) is 24.8 Å². The highest BCUT2D eigenvalue weighted by molar-refractivity contribution is 6.28. The summed E-state index contributed by atoms with van der Waals surface area (Å²) in [5.74, 6) is 0.814. The quantitative estimate of drug-likeness (QED) is 0.501. The van der Waals surface area contributed by atoms with Crippen LogP contribution in [0, 0.1) is 10.1 Å². The van der Waals surface area contributed by atoms with Crippen LogP contribution in [0.25, 0.3) is 0 Å². The third-order valence-electron chi connectivity index (χ3n) is 3.11. The maximum absolute atomic E-state index is 9.99. The number of hydrogen-bond acceptors (Lipinski definition) is 8. The lowest BCUT2D eigenvalue weighted by atomic mass is 10.1. The Bertz CT molecular complexity index is 630. The van der Waals surface area contributed by atoms with Gasteiger partial charge in [-0.3, -0.25) is 10.1 Å². The molecule has 3 rings (SSSR count). The fourth-order valence-corrected chi connectivity index (χ4v) is 2.09. The van der Waals surface area contributed by atoms with Crippen LogP contribution in [0.3, 0.4) is 0 Å². The van der Waals surface area contributed by atoms with Crippen LogP contribution < -0.4 is 10.6 Å². The molecule has 2 aromatic heterocycles. The lowest BCUT2D eigenvalue weighted by Gasteiger charge is -2.26.